The molecule has 0 aliphatic heterocycles. The molecule has 35 heavy (non-hydrogen) atoms. The highest BCUT2D eigenvalue weighted by atomic mass is 35.5. The number of carbonyl (C=O) groups is 3. The molecule has 0 heterocycles. The number of benzene rings is 2. The van der Waals surface area contributed by atoms with E-state index in [4.69, 9.17) is 21.1 Å². The quantitative estimate of drug-likeness (QED) is 0.447. The second-order valence-electron chi connectivity index (χ2n) is 9.09. The van der Waals surface area contributed by atoms with Gasteiger partial charge in [0.25, 0.3) is 0 Å². The first-order valence-corrected chi connectivity index (χ1v) is 11.9. The average molecular weight is 504 g/mol. The first kappa shape index (κ1) is 28.0. The fourth-order valence-electron chi connectivity index (χ4n) is 3.12. The molecule has 0 aromatic heterocycles. The van der Waals surface area contributed by atoms with Crippen LogP contribution >= 0.6 is 11.6 Å². The lowest BCUT2D eigenvalue weighted by Gasteiger charge is -2.30. The third kappa shape index (κ3) is 9.86. The van der Waals surface area contributed by atoms with Crippen LogP contribution in [0, 0.1) is 0 Å². The van der Waals surface area contributed by atoms with Gasteiger partial charge < -0.3 is 19.7 Å². The molecule has 0 bridgehead atoms. The monoisotopic (exact) mass is 503 g/mol. The highest BCUT2D eigenvalue weighted by Crippen LogP contribution is 2.15. The van der Waals surface area contributed by atoms with E-state index in [-0.39, 0.29) is 19.7 Å². The molecule has 2 aromatic carbocycles. The summed E-state index contributed by atoms with van der Waals surface area (Å²) < 4.78 is 10.7. The van der Waals surface area contributed by atoms with Gasteiger partial charge in [-0.3, -0.25) is 10.1 Å². The molecule has 0 fully saturated rings. The number of urea groups is 1. The number of carbonyl (C=O) groups excluding carboxylic acids is 3. The third-order valence-corrected chi connectivity index (χ3v) is 5.33. The van der Waals surface area contributed by atoms with Gasteiger partial charge in [0.15, 0.2) is 0 Å². The van der Waals surface area contributed by atoms with Crippen molar-refractivity contribution in [2.24, 2.45) is 0 Å². The lowest BCUT2D eigenvalue weighted by atomic mass is 10.1. The Morgan fingerprint density at radius 1 is 1.06 bits per heavy atom. The van der Waals surface area contributed by atoms with Gasteiger partial charge in [0, 0.05) is 17.3 Å². The first-order chi connectivity index (χ1) is 16.5. The molecule has 8 nitrogen and oxygen atoms in total. The van der Waals surface area contributed by atoms with Gasteiger partial charge in [-0.15, -0.1) is 0 Å². The van der Waals surface area contributed by atoms with E-state index in [2.05, 4.69) is 10.6 Å². The summed E-state index contributed by atoms with van der Waals surface area (Å²) in [5.74, 6) is -0.572. The SMILES string of the molecule is CCc1ccc(NC(=O)OC[C@H](C)N(CC(=O)OC(C)(C)C)C(=O)NCc2ccccc2Cl)cc1. The zero-order valence-electron chi connectivity index (χ0n) is 20.9. The summed E-state index contributed by atoms with van der Waals surface area (Å²) in [5.41, 5.74) is 1.78. The van der Waals surface area contributed by atoms with Crippen molar-refractivity contribution >= 4 is 35.4 Å². The van der Waals surface area contributed by atoms with Crippen LogP contribution in [0.4, 0.5) is 15.3 Å². The normalized spacial score (nSPS) is 11.8. The number of nitrogens with one attached hydrogen (secondary N) is 2. The van der Waals surface area contributed by atoms with E-state index in [0.29, 0.717) is 10.7 Å². The predicted molar refractivity (Wildman–Crippen MR) is 136 cm³/mol. The molecule has 0 spiro atoms. The molecule has 0 saturated carbocycles. The van der Waals surface area contributed by atoms with Crippen LogP contribution in [0.25, 0.3) is 0 Å². The number of amides is 3. The van der Waals surface area contributed by atoms with Crippen molar-refractivity contribution in [3.05, 3.63) is 64.7 Å². The minimum absolute atomic E-state index is 0.124. The second kappa shape index (κ2) is 13.0. The van der Waals surface area contributed by atoms with Crippen molar-refractivity contribution in [2.45, 2.75) is 59.2 Å². The number of halogens is 1. The molecule has 0 aliphatic carbocycles. The Bertz CT molecular complexity index is 1000. The molecule has 0 saturated heterocycles. The highest BCUT2D eigenvalue weighted by Gasteiger charge is 2.27. The van der Waals surface area contributed by atoms with Crippen LogP contribution < -0.4 is 10.6 Å². The van der Waals surface area contributed by atoms with Gasteiger partial charge in [-0.05, 0) is 63.4 Å². The number of hydrogen-bond donors (Lipinski definition) is 2. The van der Waals surface area contributed by atoms with Crippen LogP contribution in [-0.2, 0) is 27.2 Å². The van der Waals surface area contributed by atoms with Crippen LogP contribution in [0.1, 0.15) is 45.7 Å². The van der Waals surface area contributed by atoms with Crippen molar-refractivity contribution in [3.8, 4) is 0 Å². The van der Waals surface area contributed by atoms with Gasteiger partial charge >= 0.3 is 18.1 Å². The molecule has 1 atom stereocenters. The zero-order chi connectivity index (χ0) is 26.0. The standard InChI is InChI=1S/C26H34ClN3O5/c1-6-19-11-13-21(14-12-19)29-25(33)34-17-18(2)30(16-23(31)35-26(3,4)5)24(32)28-15-20-9-7-8-10-22(20)27/h7-14,18H,6,15-17H2,1-5H3,(H,28,32)(H,29,33)/t18-/m0/s1. The maximum atomic E-state index is 13.0. The van der Waals surface area contributed by atoms with Crippen LogP contribution in [0.2, 0.25) is 5.02 Å². The largest absolute Gasteiger partial charge is 0.459 e. The number of nitrogens with zero attached hydrogens (tertiary/aromatic N) is 1. The van der Waals surface area contributed by atoms with E-state index in [1.807, 2.05) is 25.1 Å². The molecule has 9 heteroatoms. The summed E-state index contributed by atoms with van der Waals surface area (Å²) in [6, 6.07) is 13.4. The van der Waals surface area contributed by atoms with E-state index in [0.717, 1.165) is 17.5 Å². The summed E-state index contributed by atoms with van der Waals surface area (Å²) in [6.45, 7) is 8.71. The van der Waals surface area contributed by atoms with E-state index >= 15 is 0 Å². The van der Waals surface area contributed by atoms with Gasteiger partial charge in [-0.1, -0.05) is 48.9 Å². The molecular formula is C26H34ClN3O5. The number of rotatable bonds is 9. The van der Waals surface area contributed by atoms with Gasteiger partial charge in [-0.2, -0.15) is 0 Å². The topological polar surface area (TPSA) is 97.0 Å². The minimum Gasteiger partial charge on any atom is -0.459 e. The molecule has 0 radical (unpaired) electrons. The summed E-state index contributed by atoms with van der Waals surface area (Å²) >= 11 is 6.17. The van der Waals surface area contributed by atoms with Crippen LogP contribution in [0.15, 0.2) is 48.5 Å². The lowest BCUT2D eigenvalue weighted by Crippen LogP contribution is -2.50. The molecule has 2 rings (SSSR count). The van der Waals surface area contributed by atoms with E-state index in [9.17, 15) is 14.4 Å². The minimum atomic E-state index is -0.705. The molecule has 0 aliphatic rings. The van der Waals surface area contributed by atoms with Crippen LogP contribution in [-0.4, -0.2) is 47.8 Å². The maximum Gasteiger partial charge on any atom is 0.411 e. The Morgan fingerprint density at radius 2 is 1.71 bits per heavy atom. The number of esters is 1. The molecule has 3 amide bonds. The fourth-order valence-corrected chi connectivity index (χ4v) is 3.32. The fraction of sp³-hybridized carbons (Fsp3) is 0.423. The summed E-state index contributed by atoms with van der Waals surface area (Å²) in [6.07, 6.45) is 0.239. The summed E-state index contributed by atoms with van der Waals surface area (Å²) in [4.78, 5) is 39.0. The van der Waals surface area contributed by atoms with Crippen molar-refractivity contribution in [3.63, 3.8) is 0 Å². The lowest BCUT2D eigenvalue weighted by molar-refractivity contribution is -0.156. The number of ether oxygens (including phenoxy) is 2. The Morgan fingerprint density at radius 3 is 2.31 bits per heavy atom. The number of anilines is 1. The van der Waals surface area contributed by atoms with Crippen molar-refractivity contribution in [1.82, 2.24) is 10.2 Å². The van der Waals surface area contributed by atoms with Crippen molar-refractivity contribution < 1.29 is 23.9 Å². The summed E-state index contributed by atoms with van der Waals surface area (Å²) in [5, 5.41) is 5.94. The maximum absolute atomic E-state index is 13.0. The number of aryl methyl sites for hydroxylation is 1. The average Bonchev–Trinajstić information content (AvgIpc) is 2.79. The van der Waals surface area contributed by atoms with Gasteiger partial charge in [0.05, 0.1) is 6.04 Å². The Kier molecular flexibility index (Phi) is 10.4. The Labute approximate surface area is 211 Å². The van der Waals surface area contributed by atoms with Crippen LogP contribution in [0.3, 0.4) is 0 Å². The van der Waals surface area contributed by atoms with Gasteiger partial charge in [0.1, 0.15) is 18.8 Å². The summed E-state index contributed by atoms with van der Waals surface area (Å²) in [7, 11) is 0. The first-order valence-electron chi connectivity index (χ1n) is 11.5. The zero-order valence-corrected chi connectivity index (χ0v) is 21.6. The Hall–Kier alpha value is -3.26. The smallest absolute Gasteiger partial charge is 0.411 e. The van der Waals surface area contributed by atoms with Gasteiger partial charge in [-0.25, -0.2) is 9.59 Å². The Balaban J connectivity index is 2.01. The van der Waals surface area contributed by atoms with Gasteiger partial charge in [0.2, 0.25) is 0 Å². The third-order valence-electron chi connectivity index (χ3n) is 4.96. The van der Waals surface area contributed by atoms with Crippen molar-refractivity contribution in [1.29, 1.82) is 0 Å². The number of hydrogen-bond acceptors (Lipinski definition) is 5. The van der Waals surface area contributed by atoms with Crippen molar-refractivity contribution in [2.75, 3.05) is 18.5 Å². The molecule has 0 unspecified atom stereocenters. The van der Waals surface area contributed by atoms with Crippen LogP contribution in [0.5, 0.6) is 0 Å². The highest BCUT2D eigenvalue weighted by molar-refractivity contribution is 6.31. The van der Waals surface area contributed by atoms with E-state index in [1.54, 1.807) is 58.0 Å². The van der Waals surface area contributed by atoms with E-state index < -0.39 is 29.7 Å². The predicted octanol–water partition coefficient (Wildman–Crippen LogP) is 5.39. The van der Waals surface area contributed by atoms with E-state index in [1.165, 1.54) is 4.90 Å². The molecule has 2 N–H and O–H groups in total. The second-order valence-corrected chi connectivity index (χ2v) is 9.49. The molecule has 2 aromatic rings. The molecular weight excluding hydrogens is 470 g/mol. The molecule has 190 valence electrons.